The van der Waals surface area contributed by atoms with Crippen molar-refractivity contribution in [2.75, 3.05) is 38.2 Å². The van der Waals surface area contributed by atoms with Gasteiger partial charge in [0.15, 0.2) is 11.6 Å². The largest absolute Gasteiger partial charge is 0.490 e. The number of piperidine rings is 1. The summed E-state index contributed by atoms with van der Waals surface area (Å²) in [6, 6.07) is 3.99. The number of nitrogens with zero attached hydrogens (tertiary/aromatic N) is 2. The minimum atomic E-state index is 0.761. The highest BCUT2D eigenvalue weighted by Gasteiger charge is 2.21. The predicted octanol–water partition coefficient (Wildman–Crippen LogP) is 2.70. The second-order valence-corrected chi connectivity index (χ2v) is 5.50. The van der Waals surface area contributed by atoms with Crippen LogP contribution in [0.15, 0.2) is 18.3 Å². The zero-order valence-electron chi connectivity index (χ0n) is 12.8. The van der Waals surface area contributed by atoms with Crippen LogP contribution >= 0.6 is 0 Å². The number of hydrogen-bond acceptors (Lipinski definition) is 4. The van der Waals surface area contributed by atoms with E-state index in [1.54, 1.807) is 0 Å². The van der Waals surface area contributed by atoms with E-state index in [-0.39, 0.29) is 0 Å². The van der Waals surface area contributed by atoms with Crippen molar-refractivity contribution in [2.45, 2.75) is 32.6 Å². The number of pyridine rings is 1. The van der Waals surface area contributed by atoms with Gasteiger partial charge in [0.25, 0.3) is 0 Å². The van der Waals surface area contributed by atoms with Crippen LogP contribution in [0.1, 0.15) is 32.6 Å². The summed E-state index contributed by atoms with van der Waals surface area (Å²) in [6.07, 6.45) is 6.68. The summed E-state index contributed by atoms with van der Waals surface area (Å²) in [5.41, 5.74) is 0. The van der Waals surface area contributed by atoms with E-state index in [9.17, 15) is 0 Å². The van der Waals surface area contributed by atoms with Gasteiger partial charge in [0.1, 0.15) is 0 Å². The van der Waals surface area contributed by atoms with Crippen LogP contribution in [0.5, 0.6) is 5.75 Å². The second kappa shape index (κ2) is 8.10. The van der Waals surface area contributed by atoms with E-state index >= 15 is 0 Å². The first-order valence-corrected chi connectivity index (χ1v) is 7.82. The lowest BCUT2D eigenvalue weighted by Crippen LogP contribution is -2.35. The summed E-state index contributed by atoms with van der Waals surface area (Å²) in [4.78, 5) is 6.91. The molecule has 0 unspecified atom stereocenters. The molecule has 0 spiro atoms. The van der Waals surface area contributed by atoms with Gasteiger partial charge in [-0.1, -0.05) is 6.92 Å². The van der Waals surface area contributed by atoms with Crippen molar-refractivity contribution in [2.24, 2.45) is 5.92 Å². The Labute approximate surface area is 122 Å². The highest BCUT2D eigenvalue weighted by atomic mass is 16.5. The van der Waals surface area contributed by atoms with Crippen molar-refractivity contribution in [3.8, 4) is 5.75 Å². The van der Waals surface area contributed by atoms with Crippen LogP contribution in [-0.4, -0.2) is 38.3 Å². The fraction of sp³-hybridized carbons (Fsp3) is 0.688. The first kappa shape index (κ1) is 15.1. The van der Waals surface area contributed by atoms with E-state index in [0.717, 1.165) is 50.1 Å². The van der Waals surface area contributed by atoms with Crippen LogP contribution in [-0.2, 0) is 0 Å². The van der Waals surface area contributed by atoms with Crippen LogP contribution in [0, 0.1) is 5.92 Å². The third kappa shape index (κ3) is 4.10. The Bertz CT molecular complexity index is 389. The lowest BCUT2D eigenvalue weighted by atomic mass is 9.93. The average Bonchev–Trinajstić information content (AvgIpc) is 2.52. The first-order valence-electron chi connectivity index (χ1n) is 7.82. The standard InChI is InChI=1S/C16H27N3O/c1-3-13-20-15-5-4-9-18-16(15)19-11-7-14(8-12-19)6-10-17-2/h4-5,9,14,17H,3,6-8,10-13H2,1-2H3. The lowest BCUT2D eigenvalue weighted by molar-refractivity contribution is 0.313. The maximum absolute atomic E-state index is 5.82. The van der Waals surface area contributed by atoms with Crippen LogP contribution in [0.2, 0.25) is 0 Å². The molecule has 0 aliphatic carbocycles. The SMILES string of the molecule is CCCOc1cccnc1N1CCC(CCNC)CC1. The van der Waals surface area contributed by atoms with Gasteiger partial charge in [0.05, 0.1) is 6.61 Å². The molecule has 0 aromatic carbocycles. The molecule has 2 heterocycles. The van der Waals surface area contributed by atoms with E-state index < -0.39 is 0 Å². The number of nitrogens with one attached hydrogen (secondary N) is 1. The Kier molecular flexibility index (Phi) is 6.12. The highest BCUT2D eigenvalue weighted by Crippen LogP contribution is 2.30. The molecule has 1 aromatic heterocycles. The molecule has 1 aliphatic rings. The molecule has 0 bridgehead atoms. The first-order chi connectivity index (χ1) is 9.85. The van der Waals surface area contributed by atoms with Crippen molar-refractivity contribution in [3.63, 3.8) is 0 Å². The predicted molar refractivity (Wildman–Crippen MR) is 83.5 cm³/mol. The summed E-state index contributed by atoms with van der Waals surface area (Å²) < 4.78 is 5.82. The third-order valence-electron chi connectivity index (χ3n) is 3.93. The van der Waals surface area contributed by atoms with Gasteiger partial charge in [0.2, 0.25) is 0 Å². The maximum Gasteiger partial charge on any atom is 0.171 e. The van der Waals surface area contributed by atoms with Gasteiger partial charge in [-0.2, -0.15) is 0 Å². The Hall–Kier alpha value is -1.29. The zero-order valence-corrected chi connectivity index (χ0v) is 12.8. The molecule has 0 radical (unpaired) electrons. The average molecular weight is 277 g/mol. The Morgan fingerprint density at radius 2 is 2.20 bits per heavy atom. The van der Waals surface area contributed by atoms with E-state index in [1.807, 2.05) is 25.4 Å². The number of hydrogen-bond donors (Lipinski definition) is 1. The summed E-state index contributed by atoms with van der Waals surface area (Å²) in [5, 5.41) is 3.24. The van der Waals surface area contributed by atoms with Crippen LogP contribution in [0.4, 0.5) is 5.82 Å². The zero-order chi connectivity index (χ0) is 14.2. The van der Waals surface area contributed by atoms with Crippen LogP contribution < -0.4 is 15.0 Å². The maximum atomic E-state index is 5.82. The van der Waals surface area contributed by atoms with Crippen molar-refractivity contribution < 1.29 is 4.74 Å². The minimum absolute atomic E-state index is 0.761. The Morgan fingerprint density at radius 3 is 2.90 bits per heavy atom. The number of rotatable bonds is 7. The smallest absolute Gasteiger partial charge is 0.171 e. The van der Waals surface area contributed by atoms with Gasteiger partial charge in [-0.15, -0.1) is 0 Å². The van der Waals surface area contributed by atoms with Crippen molar-refractivity contribution in [1.82, 2.24) is 10.3 Å². The molecular formula is C16H27N3O. The summed E-state index contributed by atoms with van der Waals surface area (Å²) in [7, 11) is 2.03. The topological polar surface area (TPSA) is 37.4 Å². The number of aromatic nitrogens is 1. The van der Waals surface area contributed by atoms with Gasteiger partial charge in [-0.3, -0.25) is 0 Å². The normalized spacial score (nSPS) is 16.4. The van der Waals surface area contributed by atoms with Gasteiger partial charge in [0, 0.05) is 19.3 Å². The second-order valence-electron chi connectivity index (χ2n) is 5.50. The molecule has 1 N–H and O–H groups in total. The lowest BCUT2D eigenvalue weighted by Gasteiger charge is -2.33. The number of anilines is 1. The summed E-state index contributed by atoms with van der Waals surface area (Å²) in [6.45, 7) is 6.20. The molecule has 2 rings (SSSR count). The fourth-order valence-corrected chi connectivity index (χ4v) is 2.73. The van der Waals surface area contributed by atoms with Gasteiger partial charge < -0.3 is 15.0 Å². The van der Waals surface area contributed by atoms with Gasteiger partial charge >= 0.3 is 0 Å². The molecular weight excluding hydrogens is 250 g/mol. The molecule has 1 aliphatic heterocycles. The molecule has 1 fully saturated rings. The van der Waals surface area contributed by atoms with Crippen molar-refractivity contribution in [3.05, 3.63) is 18.3 Å². The van der Waals surface area contributed by atoms with Gasteiger partial charge in [-0.25, -0.2) is 4.98 Å². The highest BCUT2D eigenvalue weighted by molar-refractivity contribution is 5.52. The fourth-order valence-electron chi connectivity index (χ4n) is 2.73. The number of ether oxygens (including phenoxy) is 1. The molecule has 4 heteroatoms. The monoisotopic (exact) mass is 277 g/mol. The molecule has 4 nitrogen and oxygen atoms in total. The molecule has 1 saturated heterocycles. The molecule has 112 valence electrons. The Morgan fingerprint density at radius 1 is 1.40 bits per heavy atom. The molecule has 1 aromatic rings. The van der Waals surface area contributed by atoms with Crippen LogP contribution in [0.25, 0.3) is 0 Å². The van der Waals surface area contributed by atoms with Crippen LogP contribution in [0.3, 0.4) is 0 Å². The molecule has 0 atom stereocenters. The Balaban J connectivity index is 1.92. The van der Waals surface area contributed by atoms with Crippen molar-refractivity contribution in [1.29, 1.82) is 0 Å². The third-order valence-corrected chi connectivity index (χ3v) is 3.93. The summed E-state index contributed by atoms with van der Waals surface area (Å²) in [5.74, 6) is 2.80. The van der Waals surface area contributed by atoms with E-state index in [2.05, 4.69) is 22.1 Å². The quantitative estimate of drug-likeness (QED) is 0.831. The summed E-state index contributed by atoms with van der Waals surface area (Å²) >= 11 is 0. The van der Waals surface area contributed by atoms with E-state index in [0.29, 0.717) is 0 Å². The molecule has 0 amide bonds. The van der Waals surface area contributed by atoms with Crippen molar-refractivity contribution >= 4 is 5.82 Å². The molecule has 0 saturated carbocycles. The minimum Gasteiger partial charge on any atom is -0.490 e. The van der Waals surface area contributed by atoms with E-state index in [4.69, 9.17) is 4.74 Å². The van der Waals surface area contributed by atoms with Gasteiger partial charge in [-0.05, 0) is 57.3 Å². The van der Waals surface area contributed by atoms with E-state index in [1.165, 1.54) is 19.3 Å². The molecule has 20 heavy (non-hydrogen) atoms.